The number of nitrogens with one attached hydrogen (secondary N) is 1. The molecule has 0 aliphatic heterocycles. The highest BCUT2D eigenvalue weighted by Gasteiger charge is 2.32. The summed E-state index contributed by atoms with van der Waals surface area (Å²) >= 11 is 3.42. The third-order valence-corrected chi connectivity index (χ3v) is 5.69. The summed E-state index contributed by atoms with van der Waals surface area (Å²) in [6, 6.07) is 8.14. The highest BCUT2D eigenvalue weighted by Crippen LogP contribution is 2.35. The van der Waals surface area contributed by atoms with Crippen LogP contribution in [0.4, 0.5) is 0 Å². The van der Waals surface area contributed by atoms with Gasteiger partial charge in [-0.15, -0.1) is 0 Å². The average molecular weight is 347 g/mol. The molecule has 6 heteroatoms. The normalized spacial score (nSPS) is 24.0. The lowest BCUT2D eigenvalue weighted by atomic mass is 9.95. The first-order chi connectivity index (χ1) is 8.90. The minimum atomic E-state index is -3.36. The number of halogens is 1. The molecule has 1 saturated carbocycles. The minimum absolute atomic E-state index is 0.00595. The number of hydrogen-bond acceptors (Lipinski definition) is 2. The quantitative estimate of drug-likeness (QED) is 0.910. The number of hydrogen-bond donors (Lipinski definition) is 1. The van der Waals surface area contributed by atoms with Crippen LogP contribution in [0.2, 0.25) is 0 Å². The van der Waals surface area contributed by atoms with Crippen molar-refractivity contribution < 1.29 is 8.42 Å². The van der Waals surface area contributed by atoms with E-state index in [1.165, 1.54) is 9.87 Å². The van der Waals surface area contributed by atoms with Crippen LogP contribution < -0.4 is 4.72 Å². The lowest BCUT2D eigenvalue weighted by Gasteiger charge is -2.23. The van der Waals surface area contributed by atoms with E-state index in [0.717, 1.165) is 23.7 Å². The van der Waals surface area contributed by atoms with Crippen LogP contribution in [0.3, 0.4) is 0 Å². The van der Waals surface area contributed by atoms with Crippen LogP contribution in [0.15, 0.2) is 28.7 Å². The van der Waals surface area contributed by atoms with Crippen molar-refractivity contribution in [1.29, 1.82) is 0 Å². The molecule has 1 fully saturated rings. The predicted octanol–water partition coefficient (Wildman–Crippen LogP) is 2.48. The lowest BCUT2D eigenvalue weighted by molar-refractivity contribution is 0.474. The van der Waals surface area contributed by atoms with E-state index >= 15 is 0 Å². The van der Waals surface area contributed by atoms with Crippen LogP contribution in [-0.4, -0.2) is 32.9 Å². The molecule has 1 aliphatic carbocycles. The highest BCUT2D eigenvalue weighted by molar-refractivity contribution is 9.10. The summed E-state index contributed by atoms with van der Waals surface area (Å²) in [5, 5.41) is 0. The maximum atomic E-state index is 11.9. The topological polar surface area (TPSA) is 49.4 Å². The molecule has 1 aromatic rings. The van der Waals surface area contributed by atoms with Gasteiger partial charge in [-0.2, -0.15) is 17.4 Å². The van der Waals surface area contributed by atoms with Gasteiger partial charge in [-0.05, 0) is 30.5 Å². The monoisotopic (exact) mass is 346 g/mol. The summed E-state index contributed by atoms with van der Waals surface area (Å²) in [7, 11) is -0.262. The lowest BCUT2D eigenvalue weighted by Crippen LogP contribution is -2.43. The van der Waals surface area contributed by atoms with Gasteiger partial charge in [0.05, 0.1) is 0 Å². The molecule has 1 N–H and O–H groups in total. The van der Waals surface area contributed by atoms with E-state index in [1.54, 1.807) is 14.1 Å². The van der Waals surface area contributed by atoms with E-state index in [-0.39, 0.29) is 12.0 Å². The molecule has 0 saturated heterocycles. The van der Waals surface area contributed by atoms with E-state index < -0.39 is 10.2 Å². The maximum absolute atomic E-state index is 11.9. The van der Waals surface area contributed by atoms with Gasteiger partial charge < -0.3 is 0 Å². The smallest absolute Gasteiger partial charge is 0.198 e. The molecule has 0 spiro atoms. The molecular weight excluding hydrogens is 328 g/mol. The molecular formula is C13H19BrN2O2S. The Labute approximate surface area is 123 Å². The predicted molar refractivity (Wildman–Crippen MR) is 80.3 cm³/mol. The molecule has 19 heavy (non-hydrogen) atoms. The molecule has 4 nitrogen and oxygen atoms in total. The Bertz CT molecular complexity index is 528. The van der Waals surface area contributed by atoms with E-state index in [4.69, 9.17) is 0 Å². The number of benzene rings is 1. The van der Waals surface area contributed by atoms with Crippen LogP contribution in [0.1, 0.15) is 30.7 Å². The molecule has 2 rings (SSSR count). The van der Waals surface area contributed by atoms with Crippen molar-refractivity contribution in [3.8, 4) is 0 Å². The Morgan fingerprint density at radius 3 is 2.42 bits per heavy atom. The summed E-state index contributed by atoms with van der Waals surface area (Å²) < 4.78 is 28.9. The van der Waals surface area contributed by atoms with Gasteiger partial charge in [0, 0.05) is 30.5 Å². The van der Waals surface area contributed by atoms with Crippen LogP contribution in [0.5, 0.6) is 0 Å². The molecule has 0 amide bonds. The van der Waals surface area contributed by atoms with Gasteiger partial charge in [-0.1, -0.05) is 34.5 Å². The molecule has 1 aliphatic rings. The fourth-order valence-electron chi connectivity index (χ4n) is 2.51. The summed E-state index contributed by atoms with van der Waals surface area (Å²) in [6.07, 6.45) is 2.98. The van der Waals surface area contributed by atoms with Crippen molar-refractivity contribution in [3.63, 3.8) is 0 Å². The Balaban J connectivity index is 2.15. The highest BCUT2D eigenvalue weighted by atomic mass is 79.9. The Morgan fingerprint density at radius 2 is 1.84 bits per heavy atom. The van der Waals surface area contributed by atoms with Gasteiger partial charge >= 0.3 is 0 Å². The second kappa shape index (κ2) is 5.91. The molecule has 106 valence electrons. The third-order valence-electron chi connectivity index (χ3n) is 3.60. The van der Waals surface area contributed by atoms with Crippen LogP contribution in [0, 0.1) is 0 Å². The molecule has 0 bridgehead atoms. The SMILES string of the molecule is CN(C)S(=O)(=O)NC1CCCC1c1ccc(Br)cc1. The van der Waals surface area contributed by atoms with Crippen molar-refractivity contribution in [2.75, 3.05) is 14.1 Å². The summed E-state index contributed by atoms with van der Waals surface area (Å²) in [6.45, 7) is 0. The average Bonchev–Trinajstić information content (AvgIpc) is 2.77. The van der Waals surface area contributed by atoms with Crippen molar-refractivity contribution in [3.05, 3.63) is 34.3 Å². The standard InChI is InChI=1S/C13H19BrN2O2S/c1-16(2)19(17,18)15-13-5-3-4-12(13)10-6-8-11(14)9-7-10/h6-9,12-13,15H,3-5H2,1-2H3. The van der Waals surface area contributed by atoms with E-state index in [1.807, 2.05) is 12.1 Å². The fourth-order valence-corrected chi connectivity index (χ4v) is 3.65. The molecule has 0 heterocycles. The fraction of sp³-hybridized carbons (Fsp3) is 0.538. The summed E-state index contributed by atoms with van der Waals surface area (Å²) in [5.41, 5.74) is 1.20. The molecule has 0 radical (unpaired) electrons. The second-order valence-electron chi connectivity index (χ2n) is 5.10. The van der Waals surface area contributed by atoms with Crippen molar-refractivity contribution in [1.82, 2.24) is 9.03 Å². The number of nitrogens with zero attached hydrogens (tertiary/aromatic N) is 1. The van der Waals surface area contributed by atoms with Crippen molar-refractivity contribution in [2.45, 2.75) is 31.2 Å². The largest absolute Gasteiger partial charge is 0.279 e. The number of rotatable bonds is 4. The zero-order valence-electron chi connectivity index (χ0n) is 11.1. The third kappa shape index (κ3) is 3.56. The summed E-state index contributed by atoms with van der Waals surface area (Å²) in [4.78, 5) is 0. The van der Waals surface area contributed by atoms with Crippen molar-refractivity contribution in [2.24, 2.45) is 0 Å². The molecule has 0 aromatic heterocycles. The first kappa shape index (κ1) is 15.0. The van der Waals surface area contributed by atoms with Gasteiger partial charge in [0.1, 0.15) is 0 Å². The first-order valence-electron chi connectivity index (χ1n) is 6.35. The van der Waals surface area contributed by atoms with Crippen LogP contribution in [0.25, 0.3) is 0 Å². The van der Waals surface area contributed by atoms with E-state index in [9.17, 15) is 8.42 Å². The first-order valence-corrected chi connectivity index (χ1v) is 8.59. The second-order valence-corrected chi connectivity index (χ2v) is 7.93. The zero-order valence-corrected chi connectivity index (χ0v) is 13.5. The molecule has 2 atom stereocenters. The van der Waals surface area contributed by atoms with Crippen molar-refractivity contribution >= 4 is 26.1 Å². The zero-order chi connectivity index (χ0) is 14.0. The molecule has 2 unspecified atom stereocenters. The Hall–Kier alpha value is -0.430. The Kier molecular flexibility index (Phi) is 4.66. The van der Waals surface area contributed by atoms with Gasteiger partial charge in [0.15, 0.2) is 0 Å². The molecule has 1 aromatic carbocycles. The van der Waals surface area contributed by atoms with Gasteiger partial charge in [0.25, 0.3) is 10.2 Å². The minimum Gasteiger partial charge on any atom is -0.198 e. The Morgan fingerprint density at radius 1 is 1.21 bits per heavy atom. The van der Waals surface area contributed by atoms with Crippen LogP contribution in [-0.2, 0) is 10.2 Å². The van der Waals surface area contributed by atoms with Gasteiger partial charge in [-0.25, -0.2) is 0 Å². The van der Waals surface area contributed by atoms with E-state index in [2.05, 4.69) is 32.8 Å². The van der Waals surface area contributed by atoms with Gasteiger partial charge in [-0.3, -0.25) is 0 Å². The summed E-state index contributed by atoms with van der Waals surface area (Å²) in [5.74, 6) is 0.267. The van der Waals surface area contributed by atoms with Gasteiger partial charge in [0.2, 0.25) is 0 Å². The maximum Gasteiger partial charge on any atom is 0.279 e. The van der Waals surface area contributed by atoms with Crippen LogP contribution >= 0.6 is 15.9 Å². The van der Waals surface area contributed by atoms with E-state index in [0.29, 0.717) is 0 Å².